The molecule has 6 N–H and O–H groups in total. The van der Waals surface area contributed by atoms with Gasteiger partial charge in [0, 0.05) is 12.1 Å². The van der Waals surface area contributed by atoms with Crippen molar-refractivity contribution in [3.63, 3.8) is 0 Å². The van der Waals surface area contributed by atoms with Crippen LogP contribution < -0.4 is 0 Å². The van der Waals surface area contributed by atoms with Crippen LogP contribution in [0.5, 0.6) is 34.5 Å². The van der Waals surface area contributed by atoms with Crippen LogP contribution >= 0.6 is 39.1 Å². The van der Waals surface area contributed by atoms with E-state index in [4.69, 9.17) is 48.7 Å². The van der Waals surface area contributed by atoms with Crippen molar-refractivity contribution in [2.24, 2.45) is 0 Å². The summed E-state index contributed by atoms with van der Waals surface area (Å²) in [7, 11) is 0. The van der Waals surface area contributed by atoms with E-state index in [9.17, 15) is 5.11 Å². The van der Waals surface area contributed by atoms with E-state index in [1.54, 1.807) is 13.8 Å². The summed E-state index contributed by atoms with van der Waals surface area (Å²) in [4.78, 5) is 0. The van der Waals surface area contributed by atoms with E-state index < -0.39 is 0 Å². The Balaban J connectivity index is 0.000000218. The molecular weight excluding hydrogens is 487 g/mol. The zero-order valence-corrected chi connectivity index (χ0v) is 18.5. The molecule has 0 spiro atoms. The minimum absolute atomic E-state index is 0.0851. The molecule has 3 aromatic rings. The molecule has 156 valence electrons. The maximum atomic E-state index is 9.22. The van der Waals surface area contributed by atoms with Crippen LogP contribution in [0.15, 0.2) is 46.9 Å². The van der Waals surface area contributed by atoms with E-state index in [1.165, 1.54) is 42.5 Å². The van der Waals surface area contributed by atoms with Crippen molar-refractivity contribution in [1.82, 2.24) is 0 Å². The summed E-state index contributed by atoms with van der Waals surface area (Å²) >= 11 is 13.9. The van der Waals surface area contributed by atoms with Crippen molar-refractivity contribution in [3.8, 4) is 34.5 Å². The first-order valence-electron chi connectivity index (χ1n) is 7.96. The molecule has 0 fully saturated rings. The summed E-state index contributed by atoms with van der Waals surface area (Å²) in [6, 6.07) is 9.68. The molecule has 3 rings (SSSR count). The van der Waals surface area contributed by atoms with Gasteiger partial charge in [0.05, 0.1) is 14.5 Å². The first kappa shape index (κ1) is 24.6. The second-order valence-electron chi connectivity index (χ2n) is 5.82. The van der Waals surface area contributed by atoms with Gasteiger partial charge in [-0.2, -0.15) is 0 Å². The molecule has 0 amide bonds. The molecule has 0 atom stereocenters. The fourth-order valence-corrected chi connectivity index (χ4v) is 2.64. The molecule has 0 bridgehead atoms. The summed E-state index contributed by atoms with van der Waals surface area (Å²) in [5, 5.41) is 53.9. The molecule has 0 saturated heterocycles. The lowest BCUT2D eigenvalue weighted by atomic mass is 10.1. The van der Waals surface area contributed by atoms with Crippen LogP contribution in [0.25, 0.3) is 0 Å². The third-order valence-corrected chi connectivity index (χ3v) is 4.66. The van der Waals surface area contributed by atoms with E-state index in [1.807, 2.05) is 0 Å². The smallest absolute Gasteiger partial charge is 0.135 e. The second-order valence-corrected chi connectivity index (χ2v) is 7.49. The van der Waals surface area contributed by atoms with Gasteiger partial charge in [0.1, 0.15) is 34.5 Å². The topological polar surface area (TPSA) is 121 Å². The highest BCUT2D eigenvalue weighted by molar-refractivity contribution is 9.10. The number of phenols is 6. The monoisotopic (exact) mass is 504 g/mol. The summed E-state index contributed by atoms with van der Waals surface area (Å²) in [6.07, 6.45) is 0. The molecule has 0 aromatic heterocycles. The van der Waals surface area contributed by atoms with Crippen LogP contribution in [-0.4, -0.2) is 30.6 Å². The van der Waals surface area contributed by atoms with Gasteiger partial charge < -0.3 is 30.6 Å². The van der Waals surface area contributed by atoms with Gasteiger partial charge in [-0.05, 0) is 71.2 Å². The largest absolute Gasteiger partial charge is 0.508 e. The first-order chi connectivity index (χ1) is 13.4. The SMILES string of the molecule is Cc1cc(O)cc(C)c1O.Oc1cc(Cl)c(O)cc1Cl.Oc1ccc(O)c(Br)c1. The fraction of sp³-hybridized carbons (Fsp3) is 0.100. The molecule has 29 heavy (non-hydrogen) atoms. The Hall–Kier alpha value is -2.48. The number of phenolic OH excluding ortho intramolecular Hbond substituents is 6. The minimum atomic E-state index is -0.135. The number of benzene rings is 3. The van der Waals surface area contributed by atoms with Crippen molar-refractivity contribution < 1.29 is 30.6 Å². The van der Waals surface area contributed by atoms with Crippen LogP contribution in [0, 0.1) is 13.8 Å². The quantitative estimate of drug-likeness (QED) is 0.209. The minimum Gasteiger partial charge on any atom is -0.508 e. The number of halogens is 3. The molecule has 0 unspecified atom stereocenters. The third-order valence-electron chi connectivity index (χ3n) is 3.42. The molecule has 6 nitrogen and oxygen atoms in total. The molecule has 0 aliphatic carbocycles. The maximum Gasteiger partial charge on any atom is 0.135 e. The van der Waals surface area contributed by atoms with Gasteiger partial charge in [0.2, 0.25) is 0 Å². The van der Waals surface area contributed by atoms with Crippen molar-refractivity contribution >= 4 is 39.1 Å². The van der Waals surface area contributed by atoms with E-state index in [0.29, 0.717) is 15.6 Å². The Kier molecular flexibility index (Phi) is 9.23. The summed E-state index contributed by atoms with van der Waals surface area (Å²) in [5.41, 5.74) is 1.41. The van der Waals surface area contributed by atoms with Crippen LogP contribution in [-0.2, 0) is 0 Å². The number of hydrogen-bond donors (Lipinski definition) is 6. The van der Waals surface area contributed by atoms with Gasteiger partial charge in [-0.1, -0.05) is 23.2 Å². The molecular formula is C20H19BrCl2O6. The highest BCUT2D eigenvalue weighted by Crippen LogP contribution is 2.33. The van der Waals surface area contributed by atoms with Gasteiger partial charge >= 0.3 is 0 Å². The zero-order chi connectivity index (χ0) is 22.3. The fourth-order valence-electron chi connectivity index (χ4n) is 1.95. The summed E-state index contributed by atoms with van der Waals surface area (Å²) < 4.78 is 0.502. The van der Waals surface area contributed by atoms with Crippen LogP contribution in [0.4, 0.5) is 0 Å². The predicted octanol–water partition coefficient (Wildman–Crippen LogP) is 5.98. The van der Waals surface area contributed by atoms with Crippen molar-refractivity contribution in [2.75, 3.05) is 0 Å². The Morgan fingerprint density at radius 2 is 1.07 bits per heavy atom. The second kappa shape index (κ2) is 10.9. The normalized spacial score (nSPS) is 9.69. The van der Waals surface area contributed by atoms with Gasteiger partial charge in [-0.3, -0.25) is 0 Å². The maximum absolute atomic E-state index is 9.22. The predicted molar refractivity (Wildman–Crippen MR) is 117 cm³/mol. The molecule has 0 saturated carbocycles. The molecule has 0 radical (unpaired) electrons. The molecule has 3 aromatic carbocycles. The van der Waals surface area contributed by atoms with Gasteiger partial charge in [-0.25, -0.2) is 0 Å². The number of aryl methyl sites for hydroxylation is 2. The lowest BCUT2D eigenvalue weighted by Gasteiger charge is -2.02. The summed E-state index contributed by atoms with van der Waals surface area (Å²) in [5.74, 6) is 0.465. The molecule has 0 heterocycles. The first-order valence-corrected chi connectivity index (χ1v) is 9.50. The van der Waals surface area contributed by atoms with Crippen molar-refractivity contribution in [3.05, 3.63) is 68.1 Å². The van der Waals surface area contributed by atoms with E-state index in [-0.39, 0.29) is 44.5 Å². The van der Waals surface area contributed by atoms with Crippen LogP contribution in [0.2, 0.25) is 10.0 Å². The van der Waals surface area contributed by atoms with E-state index >= 15 is 0 Å². The summed E-state index contributed by atoms with van der Waals surface area (Å²) in [6.45, 7) is 3.50. The Morgan fingerprint density at radius 3 is 1.45 bits per heavy atom. The van der Waals surface area contributed by atoms with Crippen LogP contribution in [0.3, 0.4) is 0 Å². The van der Waals surface area contributed by atoms with E-state index in [0.717, 1.165) is 0 Å². The lowest BCUT2D eigenvalue weighted by Crippen LogP contribution is -1.78. The molecule has 0 aliphatic heterocycles. The highest BCUT2D eigenvalue weighted by atomic mass is 79.9. The number of hydrogen-bond acceptors (Lipinski definition) is 6. The third kappa shape index (κ3) is 7.81. The average molecular weight is 506 g/mol. The lowest BCUT2D eigenvalue weighted by molar-refractivity contribution is 0.453. The van der Waals surface area contributed by atoms with Crippen LogP contribution in [0.1, 0.15) is 11.1 Å². The highest BCUT2D eigenvalue weighted by Gasteiger charge is 2.03. The van der Waals surface area contributed by atoms with Crippen molar-refractivity contribution in [2.45, 2.75) is 13.8 Å². The Bertz CT molecular complexity index is 922. The zero-order valence-electron chi connectivity index (χ0n) is 15.4. The Morgan fingerprint density at radius 1 is 0.621 bits per heavy atom. The number of rotatable bonds is 0. The van der Waals surface area contributed by atoms with Gasteiger partial charge in [0.25, 0.3) is 0 Å². The standard InChI is InChI=1S/C8H10O2.C6H5BrO2.C6H4Cl2O2/c1-5-3-7(9)4-6(2)8(5)10;7-5-3-4(8)1-2-6(5)9;7-3-1-5(9)4(8)2-6(3)10/h3-4,9-10H,1-2H3;1-3,8-9H;1-2,9-10H. The van der Waals surface area contributed by atoms with Gasteiger partial charge in [0.15, 0.2) is 0 Å². The molecule has 9 heteroatoms. The average Bonchev–Trinajstić information content (AvgIpc) is 2.62. The van der Waals surface area contributed by atoms with Crippen molar-refractivity contribution in [1.29, 1.82) is 0 Å². The Labute approximate surface area is 186 Å². The van der Waals surface area contributed by atoms with Gasteiger partial charge in [-0.15, -0.1) is 0 Å². The number of aromatic hydroxyl groups is 6. The van der Waals surface area contributed by atoms with E-state index in [2.05, 4.69) is 15.9 Å². The molecule has 0 aliphatic rings.